The molecule has 0 N–H and O–H groups in total. The number of rotatable bonds is 12. The lowest BCUT2D eigenvalue weighted by Crippen LogP contribution is -2.27. The Hall–Kier alpha value is -3.41. The number of nitrogens with zero attached hydrogens (tertiary/aromatic N) is 2. The fraction of sp³-hybridized carbons (Fsp3) is 0.486. The second-order valence-electron chi connectivity index (χ2n) is 12.4. The predicted octanol–water partition coefficient (Wildman–Crippen LogP) is 8.22. The number of aryl methyl sites for hydroxylation is 2. The molecule has 2 aromatic carbocycles. The van der Waals surface area contributed by atoms with Gasteiger partial charge in [-0.3, -0.25) is 4.79 Å². The van der Waals surface area contributed by atoms with Gasteiger partial charge in [-0.2, -0.15) is 0 Å². The number of ketones is 1. The summed E-state index contributed by atoms with van der Waals surface area (Å²) >= 11 is 0. The van der Waals surface area contributed by atoms with Gasteiger partial charge in [-0.05, 0) is 67.5 Å². The molecule has 0 bridgehead atoms. The third-order valence-electron chi connectivity index (χ3n) is 8.77. The molecular weight excluding hydrogens is 515 g/mol. The first kappa shape index (κ1) is 29.1. The molecule has 2 heterocycles. The van der Waals surface area contributed by atoms with E-state index in [1.165, 1.54) is 44.2 Å². The first-order valence-electron chi connectivity index (χ1n) is 15.2. The lowest BCUT2D eigenvalue weighted by atomic mass is 9.76. The summed E-state index contributed by atoms with van der Waals surface area (Å²) in [5.41, 5.74) is 2.77. The number of benzene rings is 2. The Balaban J connectivity index is 1.20. The number of hydrogen-bond donors (Lipinski definition) is 0. The maximum atomic E-state index is 13.4. The van der Waals surface area contributed by atoms with E-state index >= 15 is 0 Å². The lowest BCUT2D eigenvalue weighted by Gasteiger charge is -2.28. The summed E-state index contributed by atoms with van der Waals surface area (Å²) in [5.74, 6) is 3.17. The summed E-state index contributed by atoms with van der Waals surface area (Å²) in [6.07, 6.45) is 15.8. The van der Waals surface area contributed by atoms with Crippen molar-refractivity contribution in [3.05, 3.63) is 77.6 Å². The van der Waals surface area contributed by atoms with Crippen LogP contribution >= 0.6 is 0 Å². The number of halogens is 1. The van der Waals surface area contributed by atoms with Gasteiger partial charge < -0.3 is 14.0 Å². The van der Waals surface area contributed by atoms with Gasteiger partial charge in [0.25, 0.3) is 0 Å². The molecule has 41 heavy (non-hydrogen) atoms. The standard InChI is InChI=1S/C35H43FN2O3/c1-35(2,33(39)22-26-8-5-4-6-9-26)18-7-21-40-29-16-13-27-23-30(34-37-19-20-38(34)3)31(41-32(27)24-29)17-12-25-10-14-28(36)15-11-25/h10-11,13-16,19-20,23-24,26,31H,4-9,12,17-18,21-22H2,1-3H3. The van der Waals surface area contributed by atoms with Crippen LogP contribution in [0.5, 0.6) is 11.5 Å². The molecule has 2 aliphatic rings. The van der Waals surface area contributed by atoms with Gasteiger partial charge in [-0.25, -0.2) is 9.37 Å². The molecular formula is C35H43FN2O3. The second-order valence-corrected chi connectivity index (χ2v) is 12.4. The number of hydrogen-bond acceptors (Lipinski definition) is 4. The van der Waals surface area contributed by atoms with Crippen molar-refractivity contribution < 1.29 is 18.7 Å². The van der Waals surface area contributed by atoms with E-state index in [0.717, 1.165) is 66.1 Å². The number of carbonyl (C=O) groups is 1. The SMILES string of the molecule is Cn1ccnc1C1=Cc2ccc(OCCCC(C)(C)C(=O)CC3CCCCC3)cc2OC1CCc1ccc(F)cc1. The van der Waals surface area contributed by atoms with E-state index in [9.17, 15) is 9.18 Å². The number of imidazole rings is 1. The summed E-state index contributed by atoms with van der Waals surface area (Å²) in [5, 5.41) is 0. The van der Waals surface area contributed by atoms with E-state index < -0.39 is 0 Å². The van der Waals surface area contributed by atoms with E-state index in [-0.39, 0.29) is 17.3 Å². The minimum Gasteiger partial charge on any atom is -0.493 e. The Labute approximate surface area is 243 Å². The van der Waals surface area contributed by atoms with Crippen molar-refractivity contribution in [1.82, 2.24) is 9.55 Å². The van der Waals surface area contributed by atoms with Crippen LogP contribution in [0.1, 0.15) is 88.6 Å². The average molecular weight is 559 g/mol. The van der Waals surface area contributed by atoms with Crippen LogP contribution in [0.4, 0.5) is 4.39 Å². The van der Waals surface area contributed by atoms with Crippen molar-refractivity contribution >= 4 is 17.4 Å². The molecule has 1 aliphatic carbocycles. The van der Waals surface area contributed by atoms with Crippen LogP contribution in [0, 0.1) is 17.2 Å². The zero-order valence-electron chi connectivity index (χ0n) is 24.7. The highest BCUT2D eigenvalue weighted by molar-refractivity contribution is 5.85. The van der Waals surface area contributed by atoms with Crippen LogP contribution < -0.4 is 9.47 Å². The van der Waals surface area contributed by atoms with Gasteiger partial charge >= 0.3 is 0 Å². The van der Waals surface area contributed by atoms with Crippen LogP contribution in [0.2, 0.25) is 0 Å². The van der Waals surface area contributed by atoms with E-state index in [4.69, 9.17) is 9.47 Å². The Morgan fingerprint density at radius 3 is 2.63 bits per heavy atom. The predicted molar refractivity (Wildman–Crippen MR) is 161 cm³/mol. The van der Waals surface area contributed by atoms with E-state index in [1.54, 1.807) is 6.20 Å². The summed E-state index contributed by atoms with van der Waals surface area (Å²) < 4.78 is 28.1. The van der Waals surface area contributed by atoms with Crippen LogP contribution in [-0.4, -0.2) is 28.0 Å². The Bertz CT molecular complexity index is 1350. The first-order chi connectivity index (χ1) is 19.8. The molecule has 5 rings (SSSR count). The maximum absolute atomic E-state index is 13.4. The lowest BCUT2D eigenvalue weighted by molar-refractivity contribution is -0.128. The maximum Gasteiger partial charge on any atom is 0.139 e. The number of fused-ring (bicyclic) bond motifs is 1. The van der Waals surface area contributed by atoms with Crippen LogP contribution in [-0.2, 0) is 18.3 Å². The number of Topliss-reactive ketones (excluding diaryl/α,β-unsaturated/α-hetero) is 1. The topological polar surface area (TPSA) is 53.4 Å². The molecule has 0 amide bonds. The highest BCUT2D eigenvalue weighted by atomic mass is 19.1. The third-order valence-corrected chi connectivity index (χ3v) is 8.77. The fourth-order valence-electron chi connectivity index (χ4n) is 6.09. The average Bonchev–Trinajstić information content (AvgIpc) is 3.40. The zero-order valence-corrected chi connectivity index (χ0v) is 24.7. The van der Waals surface area contributed by atoms with Crippen LogP contribution in [0.25, 0.3) is 11.6 Å². The number of aromatic nitrogens is 2. The Kier molecular flexibility index (Phi) is 9.26. The van der Waals surface area contributed by atoms with Gasteiger partial charge in [0.2, 0.25) is 0 Å². The van der Waals surface area contributed by atoms with Crippen molar-refractivity contribution in [2.24, 2.45) is 18.4 Å². The zero-order chi connectivity index (χ0) is 28.8. The molecule has 0 spiro atoms. The van der Waals surface area contributed by atoms with Crippen molar-refractivity contribution in [3.8, 4) is 11.5 Å². The van der Waals surface area contributed by atoms with Crippen molar-refractivity contribution in [2.75, 3.05) is 6.61 Å². The van der Waals surface area contributed by atoms with E-state index in [0.29, 0.717) is 18.3 Å². The van der Waals surface area contributed by atoms with Gasteiger partial charge in [0.15, 0.2) is 0 Å². The molecule has 0 saturated heterocycles. The van der Waals surface area contributed by atoms with Gasteiger partial charge in [0.05, 0.1) is 6.61 Å². The molecule has 218 valence electrons. The summed E-state index contributed by atoms with van der Waals surface area (Å²) in [6.45, 7) is 4.73. The van der Waals surface area contributed by atoms with Gasteiger partial charge in [-0.1, -0.05) is 58.1 Å². The van der Waals surface area contributed by atoms with E-state index in [2.05, 4.69) is 24.9 Å². The van der Waals surface area contributed by atoms with Gasteiger partial charge in [-0.15, -0.1) is 0 Å². The smallest absolute Gasteiger partial charge is 0.139 e. The molecule has 0 radical (unpaired) electrons. The summed E-state index contributed by atoms with van der Waals surface area (Å²) in [6, 6.07) is 12.6. The summed E-state index contributed by atoms with van der Waals surface area (Å²) in [4.78, 5) is 17.6. The monoisotopic (exact) mass is 558 g/mol. The van der Waals surface area contributed by atoms with Crippen molar-refractivity contribution in [3.63, 3.8) is 0 Å². The van der Waals surface area contributed by atoms with Gasteiger partial charge in [0, 0.05) is 48.5 Å². The minimum absolute atomic E-state index is 0.195. The normalized spacial score (nSPS) is 17.5. The molecule has 3 aromatic rings. The molecule has 5 nitrogen and oxygen atoms in total. The molecule has 1 atom stereocenters. The molecule has 6 heteroatoms. The van der Waals surface area contributed by atoms with Gasteiger partial charge in [0.1, 0.15) is 35.0 Å². The Morgan fingerprint density at radius 2 is 1.90 bits per heavy atom. The molecule has 1 aliphatic heterocycles. The molecule has 1 unspecified atom stereocenters. The minimum atomic E-state index is -0.316. The highest BCUT2D eigenvalue weighted by Crippen LogP contribution is 2.38. The van der Waals surface area contributed by atoms with Crippen molar-refractivity contribution in [1.29, 1.82) is 0 Å². The molecule has 1 aromatic heterocycles. The Morgan fingerprint density at radius 1 is 1.12 bits per heavy atom. The summed E-state index contributed by atoms with van der Waals surface area (Å²) in [7, 11) is 1.98. The second kappa shape index (κ2) is 13.1. The van der Waals surface area contributed by atoms with Crippen LogP contribution in [0.3, 0.4) is 0 Å². The van der Waals surface area contributed by atoms with Crippen LogP contribution in [0.15, 0.2) is 54.9 Å². The molecule has 1 fully saturated rings. The highest BCUT2D eigenvalue weighted by Gasteiger charge is 2.30. The first-order valence-corrected chi connectivity index (χ1v) is 15.2. The quantitative estimate of drug-likeness (QED) is 0.210. The van der Waals surface area contributed by atoms with Crippen molar-refractivity contribution in [2.45, 2.75) is 84.2 Å². The number of ether oxygens (including phenoxy) is 2. The fourth-order valence-corrected chi connectivity index (χ4v) is 6.09. The molecule has 1 saturated carbocycles. The number of carbonyl (C=O) groups excluding carboxylic acids is 1. The third kappa shape index (κ3) is 7.46. The largest absolute Gasteiger partial charge is 0.493 e. The van der Waals surface area contributed by atoms with E-state index in [1.807, 2.05) is 48.1 Å².